The Morgan fingerprint density at radius 3 is 2.55 bits per heavy atom. The molecule has 5 heteroatoms. The van der Waals surface area contributed by atoms with Crippen molar-refractivity contribution in [2.75, 3.05) is 5.32 Å². The van der Waals surface area contributed by atoms with Crippen LogP contribution in [0.15, 0.2) is 40.9 Å². The van der Waals surface area contributed by atoms with E-state index in [2.05, 4.69) is 21.2 Å². The van der Waals surface area contributed by atoms with E-state index in [4.69, 9.17) is 17.3 Å². The van der Waals surface area contributed by atoms with Crippen LogP contribution in [-0.2, 0) is 6.54 Å². The van der Waals surface area contributed by atoms with Gasteiger partial charge in [-0.15, -0.1) is 0 Å². The molecule has 0 saturated heterocycles. The van der Waals surface area contributed by atoms with E-state index in [1.165, 1.54) is 0 Å². The number of benzene rings is 2. The summed E-state index contributed by atoms with van der Waals surface area (Å²) >= 11 is 9.61. The largest absolute Gasteiger partial charge is 0.380 e. The second kappa shape index (κ2) is 6.29. The van der Waals surface area contributed by atoms with E-state index in [1.807, 2.05) is 31.2 Å². The Labute approximate surface area is 131 Å². The fourth-order valence-corrected chi connectivity index (χ4v) is 2.53. The van der Waals surface area contributed by atoms with Crippen LogP contribution in [0.5, 0.6) is 0 Å². The second-order valence-electron chi connectivity index (χ2n) is 4.50. The zero-order chi connectivity index (χ0) is 14.7. The Morgan fingerprint density at radius 1 is 1.30 bits per heavy atom. The topological polar surface area (TPSA) is 55.1 Å². The van der Waals surface area contributed by atoms with E-state index in [0.717, 1.165) is 26.3 Å². The number of hydrogen-bond acceptors (Lipinski definition) is 2. The maximum atomic E-state index is 11.0. The van der Waals surface area contributed by atoms with Crippen molar-refractivity contribution in [1.29, 1.82) is 0 Å². The van der Waals surface area contributed by atoms with Gasteiger partial charge >= 0.3 is 0 Å². The number of nitrogens with two attached hydrogens (primary N) is 1. The second-order valence-corrected chi connectivity index (χ2v) is 5.76. The molecule has 0 spiro atoms. The quantitative estimate of drug-likeness (QED) is 0.868. The van der Waals surface area contributed by atoms with Crippen molar-refractivity contribution in [1.82, 2.24) is 0 Å². The number of amides is 1. The molecule has 104 valence electrons. The maximum Gasteiger partial charge on any atom is 0.248 e. The number of nitrogens with one attached hydrogen (secondary N) is 1. The monoisotopic (exact) mass is 352 g/mol. The highest BCUT2D eigenvalue weighted by Gasteiger charge is 2.05. The number of anilines is 1. The van der Waals surface area contributed by atoms with E-state index in [9.17, 15) is 4.79 Å². The number of carbonyl (C=O) groups excluding carboxylic acids is 1. The molecule has 0 radical (unpaired) electrons. The number of carbonyl (C=O) groups is 1. The molecule has 0 saturated carbocycles. The van der Waals surface area contributed by atoms with E-state index < -0.39 is 5.91 Å². The van der Waals surface area contributed by atoms with Gasteiger partial charge in [-0.2, -0.15) is 0 Å². The molecule has 0 atom stereocenters. The fourth-order valence-electron chi connectivity index (χ4n) is 1.77. The predicted molar refractivity (Wildman–Crippen MR) is 86.2 cm³/mol. The molecule has 0 fully saturated rings. The molecule has 0 aromatic heterocycles. The fraction of sp³-hybridized carbons (Fsp3) is 0.133. The van der Waals surface area contributed by atoms with Crippen LogP contribution in [0.1, 0.15) is 21.5 Å². The summed E-state index contributed by atoms with van der Waals surface area (Å²) in [5, 5.41) is 4.02. The van der Waals surface area contributed by atoms with Crippen LogP contribution in [0.25, 0.3) is 0 Å². The normalized spacial score (nSPS) is 10.3. The molecule has 0 aliphatic rings. The summed E-state index contributed by atoms with van der Waals surface area (Å²) in [4.78, 5) is 11.0. The Bertz CT molecular complexity index is 641. The van der Waals surface area contributed by atoms with E-state index in [-0.39, 0.29) is 0 Å². The SMILES string of the molecule is Cc1cc(Br)c(NCc2ccc(C(N)=O)cc2)cc1Cl. The standard InChI is InChI=1S/C15H14BrClN2O/c1-9-6-12(16)14(7-13(9)17)19-8-10-2-4-11(5-3-10)15(18)20/h2-7,19H,8H2,1H3,(H2,18,20). The van der Waals surface area contributed by atoms with Crippen LogP contribution < -0.4 is 11.1 Å². The van der Waals surface area contributed by atoms with Crippen LogP contribution in [-0.4, -0.2) is 5.91 Å². The summed E-state index contributed by atoms with van der Waals surface area (Å²) in [5.41, 5.74) is 8.72. The minimum absolute atomic E-state index is 0.419. The van der Waals surface area contributed by atoms with Crippen molar-refractivity contribution in [3.05, 3.63) is 62.6 Å². The summed E-state index contributed by atoms with van der Waals surface area (Å²) in [6, 6.07) is 11.0. The van der Waals surface area contributed by atoms with Gasteiger partial charge in [-0.1, -0.05) is 23.7 Å². The molecule has 0 aliphatic carbocycles. The van der Waals surface area contributed by atoms with Gasteiger partial charge < -0.3 is 11.1 Å². The molecular weight excluding hydrogens is 340 g/mol. The molecule has 2 aromatic carbocycles. The molecule has 0 heterocycles. The van der Waals surface area contributed by atoms with E-state index >= 15 is 0 Å². The molecule has 0 bridgehead atoms. The number of primary amides is 1. The number of aryl methyl sites for hydroxylation is 1. The first-order valence-corrected chi connectivity index (χ1v) is 7.22. The number of halogens is 2. The van der Waals surface area contributed by atoms with Crippen LogP contribution in [0.2, 0.25) is 5.02 Å². The van der Waals surface area contributed by atoms with Crippen molar-refractivity contribution in [2.24, 2.45) is 5.73 Å². The van der Waals surface area contributed by atoms with Crippen molar-refractivity contribution < 1.29 is 4.79 Å². The zero-order valence-corrected chi connectivity index (χ0v) is 13.3. The van der Waals surface area contributed by atoms with Crippen molar-refractivity contribution >= 4 is 39.1 Å². The third-order valence-electron chi connectivity index (χ3n) is 2.97. The highest BCUT2D eigenvalue weighted by Crippen LogP contribution is 2.29. The van der Waals surface area contributed by atoms with Gasteiger partial charge in [0.1, 0.15) is 0 Å². The van der Waals surface area contributed by atoms with Gasteiger partial charge in [0.25, 0.3) is 0 Å². The Hall–Kier alpha value is -1.52. The summed E-state index contributed by atoms with van der Waals surface area (Å²) in [7, 11) is 0. The molecule has 3 N–H and O–H groups in total. The van der Waals surface area contributed by atoms with Gasteiger partial charge in [0.05, 0.1) is 5.69 Å². The Morgan fingerprint density at radius 2 is 1.95 bits per heavy atom. The lowest BCUT2D eigenvalue weighted by Gasteiger charge is -2.11. The maximum absolute atomic E-state index is 11.0. The molecule has 20 heavy (non-hydrogen) atoms. The third-order valence-corrected chi connectivity index (χ3v) is 4.03. The molecule has 2 aromatic rings. The highest BCUT2D eigenvalue weighted by atomic mass is 79.9. The van der Waals surface area contributed by atoms with Crippen LogP contribution in [0.4, 0.5) is 5.69 Å². The van der Waals surface area contributed by atoms with Gasteiger partial charge in [-0.25, -0.2) is 0 Å². The molecule has 2 rings (SSSR count). The summed E-state index contributed by atoms with van der Waals surface area (Å²) in [6.45, 7) is 2.59. The number of rotatable bonds is 4. The predicted octanol–water partition coefficient (Wildman–Crippen LogP) is 4.12. The average Bonchev–Trinajstić information content (AvgIpc) is 2.42. The molecular formula is C15H14BrClN2O. The van der Waals surface area contributed by atoms with Gasteiger partial charge in [0.2, 0.25) is 5.91 Å². The lowest BCUT2D eigenvalue weighted by Crippen LogP contribution is -2.10. The first-order valence-electron chi connectivity index (χ1n) is 6.05. The molecule has 0 aliphatic heterocycles. The van der Waals surface area contributed by atoms with Gasteiger partial charge in [0.15, 0.2) is 0 Å². The van der Waals surface area contributed by atoms with E-state index in [1.54, 1.807) is 12.1 Å². The summed E-state index contributed by atoms with van der Waals surface area (Å²) < 4.78 is 0.966. The Balaban J connectivity index is 2.09. The lowest BCUT2D eigenvalue weighted by atomic mass is 10.1. The van der Waals surface area contributed by atoms with Crippen molar-refractivity contribution in [3.63, 3.8) is 0 Å². The van der Waals surface area contributed by atoms with Crippen LogP contribution in [0.3, 0.4) is 0 Å². The van der Waals surface area contributed by atoms with Gasteiger partial charge in [0, 0.05) is 21.6 Å². The summed E-state index contributed by atoms with van der Waals surface area (Å²) in [5.74, 6) is -0.419. The number of hydrogen-bond donors (Lipinski definition) is 2. The first-order chi connectivity index (χ1) is 9.47. The third kappa shape index (κ3) is 3.52. The Kier molecular flexibility index (Phi) is 4.68. The summed E-state index contributed by atoms with van der Waals surface area (Å²) in [6.07, 6.45) is 0. The smallest absolute Gasteiger partial charge is 0.248 e. The van der Waals surface area contributed by atoms with Crippen LogP contribution in [0, 0.1) is 6.92 Å². The highest BCUT2D eigenvalue weighted by molar-refractivity contribution is 9.10. The van der Waals surface area contributed by atoms with Gasteiger partial charge in [-0.05, 0) is 58.2 Å². The molecule has 1 amide bonds. The molecule has 3 nitrogen and oxygen atoms in total. The van der Waals surface area contributed by atoms with Crippen LogP contribution >= 0.6 is 27.5 Å². The zero-order valence-electron chi connectivity index (χ0n) is 10.9. The lowest BCUT2D eigenvalue weighted by molar-refractivity contribution is 0.100. The van der Waals surface area contributed by atoms with E-state index in [0.29, 0.717) is 12.1 Å². The molecule has 0 unspecified atom stereocenters. The van der Waals surface area contributed by atoms with Gasteiger partial charge in [-0.3, -0.25) is 4.79 Å². The average molecular weight is 354 g/mol. The first kappa shape index (κ1) is 14.9. The van der Waals surface area contributed by atoms with Crippen molar-refractivity contribution in [2.45, 2.75) is 13.5 Å². The van der Waals surface area contributed by atoms with Crippen molar-refractivity contribution in [3.8, 4) is 0 Å². The minimum atomic E-state index is -0.419. The minimum Gasteiger partial charge on any atom is -0.380 e.